The van der Waals surface area contributed by atoms with Gasteiger partial charge in [0.25, 0.3) is 0 Å². The third-order valence-electron chi connectivity index (χ3n) is 3.94. The lowest BCUT2D eigenvalue weighted by atomic mass is 9.87. The molecule has 4 heteroatoms. The summed E-state index contributed by atoms with van der Waals surface area (Å²) in [7, 11) is 0. The second-order valence-corrected chi connectivity index (χ2v) is 5.05. The molecule has 1 heterocycles. The summed E-state index contributed by atoms with van der Waals surface area (Å²) < 4.78 is 0. The first kappa shape index (κ1) is 18.7. The van der Waals surface area contributed by atoms with Crippen molar-refractivity contribution in [3.8, 4) is 0 Å². The Balaban J connectivity index is 0.00000324. The molecule has 0 saturated carbocycles. The summed E-state index contributed by atoms with van der Waals surface area (Å²) in [6.07, 6.45) is 5.77. The number of nitrogens with zero attached hydrogens (tertiary/aromatic N) is 2. The van der Waals surface area contributed by atoms with Gasteiger partial charge in [-0.15, -0.1) is 30.6 Å². The summed E-state index contributed by atoms with van der Waals surface area (Å²) >= 11 is 0. The van der Waals surface area contributed by atoms with Crippen LogP contribution < -0.4 is 5.32 Å². The summed E-state index contributed by atoms with van der Waals surface area (Å²) in [5, 5.41) is 3.38. The fraction of sp³-hybridized carbons (Fsp3) is 0.800. The van der Waals surface area contributed by atoms with E-state index in [4.69, 9.17) is 0 Å². The Hall–Kier alpha value is -0.260. The van der Waals surface area contributed by atoms with E-state index in [9.17, 15) is 0 Å². The molecule has 1 saturated heterocycles. The number of likely N-dealkylation sites (tertiary alicyclic amines) is 1. The predicted octanol–water partition coefficient (Wildman–Crippen LogP) is 3.51. The highest BCUT2D eigenvalue weighted by Gasteiger charge is 2.29. The molecule has 1 aliphatic rings. The van der Waals surface area contributed by atoms with Crippen LogP contribution in [0.2, 0.25) is 0 Å². The van der Waals surface area contributed by atoms with Crippen LogP contribution in [0.4, 0.5) is 0 Å². The highest BCUT2D eigenvalue weighted by Crippen LogP contribution is 2.28. The Kier molecular flexibility index (Phi) is 10.4. The maximum atomic E-state index is 4.57. The number of hydrogen-bond acceptors (Lipinski definition) is 1. The first-order valence-corrected chi connectivity index (χ1v) is 7.40. The predicted molar refractivity (Wildman–Crippen MR) is 95.3 cm³/mol. The van der Waals surface area contributed by atoms with Gasteiger partial charge < -0.3 is 10.2 Å². The third kappa shape index (κ3) is 5.71. The van der Waals surface area contributed by atoms with Gasteiger partial charge in [-0.05, 0) is 25.2 Å². The van der Waals surface area contributed by atoms with E-state index >= 15 is 0 Å². The fourth-order valence-corrected chi connectivity index (χ4v) is 2.90. The minimum atomic E-state index is 0. The standard InChI is InChI=1S/C15H29N3.HI/c1-5-10-17-15(16-8-4)18-11-9-14(12-18)13(6-2)7-3;/h5,13-14H,1,6-12H2,2-4H3,(H,16,17);1H. The number of hydrogen-bond donors (Lipinski definition) is 1. The van der Waals surface area contributed by atoms with Crippen molar-refractivity contribution in [1.82, 2.24) is 10.2 Å². The van der Waals surface area contributed by atoms with Gasteiger partial charge in [0.1, 0.15) is 0 Å². The van der Waals surface area contributed by atoms with Crippen LogP contribution in [-0.2, 0) is 0 Å². The quantitative estimate of drug-likeness (QED) is 0.331. The monoisotopic (exact) mass is 379 g/mol. The minimum Gasteiger partial charge on any atom is -0.357 e. The molecule has 1 atom stereocenters. The van der Waals surface area contributed by atoms with Crippen LogP contribution in [0.25, 0.3) is 0 Å². The summed E-state index contributed by atoms with van der Waals surface area (Å²) in [5.41, 5.74) is 0. The average Bonchev–Trinajstić information content (AvgIpc) is 2.85. The lowest BCUT2D eigenvalue weighted by molar-refractivity contribution is 0.319. The first-order chi connectivity index (χ1) is 8.76. The van der Waals surface area contributed by atoms with Gasteiger partial charge in [0, 0.05) is 19.6 Å². The van der Waals surface area contributed by atoms with Gasteiger partial charge in [-0.3, -0.25) is 0 Å². The van der Waals surface area contributed by atoms with E-state index < -0.39 is 0 Å². The number of halogens is 1. The van der Waals surface area contributed by atoms with E-state index in [1.807, 2.05) is 6.08 Å². The first-order valence-electron chi connectivity index (χ1n) is 7.40. The van der Waals surface area contributed by atoms with E-state index in [-0.39, 0.29) is 24.0 Å². The van der Waals surface area contributed by atoms with Crippen LogP contribution >= 0.6 is 24.0 Å². The van der Waals surface area contributed by atoms with E-state index in [0.29, 0.717) is 6.54 Å². The van der Waals surface area contributed by atoms with Crippen molar-refractivity contribution in [2.75, 3.05) is 26.2 Å². The second-order valence-electron chi connectivity index (χ2n) is 5.05. The zero-order valence-electron chi connectivity index (χ0n) is 12.7. The third-order valence-corrected chi connectivity index (χ3v) is 3.94. The largest absolute Gasteiger partial charge is 0.357 e. The zero-order chi connectivity index (χ0) is 13.4. The molecular weight excluding hydrogens is 349 g/mol. The van der Waals surface area contributed by atoms with Crippen molar-refractivity contribution in [3.05, 3.63) is 12.7 Å². The number of guanidine groups is 1. The van der Waals surface area contributed by atoms with Crippen molar-refractivity contribution < 1.29 is 0 Å². The highest BCUT2D eigenvalue weighted by molar-refractivity contribution is 14.0. The molecule has 0 aliphatic carbocycles. The van der Waals surface area contributed by atoms with Gasteiger partial charge in [-0.1, -0.05) is 32.8 Å². The number of rotatable bonds is 6. The normalized spacial score (nSPS) is 19.5. The van der Waals surface area contributed by atoms with Crippen molar-refractivity contribution in [2.45, 2.75) is 40.0 Å². The van der Waals surface area contributed by atoms with Gasteiger partial charge >= 0.3 is 0 Å². The number of aliphatic imine (C=N–C) groups is 1. The second kappa shape index (κ2) is 10.5. The van der Waals surface area contributed by atoms with Crippen molar-refractivity contribution in [2.24, 2.45) is 16.8 Å². The average molecular weight is 379 g/mol. The number of nitrogens with one attached hydrogen (secondary N) is 1. The summed E-state index contributed by atoms with van der Waals surface area (Å²) in [5.74, 6) is 2.77. The summed E-state index contributed by atoms with van der Waals surface area (Å²) in [6, 6.07) is 0. The van der Waals surface area contributed by atoms with E-state index in [0.717, 1.165) is 37.4 Å². The van der Waals surface area contributed by atoms with Crippen LogP contribution in [0.15, 0.2) is 17.6 Å². The molecule has 3 nitrogen and oxygen atoms in total. The van der Waals surface area contributed by atoms with Crippen LogP contribution in [0.5, 0.6) is 0 Å². The molecule has 1 aliphatic heterocycles. The molecule has 1 unspecified atom stereocenters. The molecule has 0 amide bonds. The lowest BCUT2D eigenvalue weighted by Crippen LogP contribution is -2.40. The van der Waals surface area contributed by atoms with Crippen LogP contribution in [0.1, 0.15) is 40.0 Å². The van der Waals surface area contributed by atoms with Crippen molar-refractivity contribution in [1.29, 1.82) is 0 Å². The van der Waals surface area contributed by atoms with Gasteiger partial charge in [-0.2, -0.15) is 0 Å². The molecule has 1 fully saturated rings. The Morgan fingerprint density at radius 2 is 2.11 bits per heavy atom. The molecule has 0 aromatic carbocycles. The van der Waals surface area contributed by atoms with Gasteiger partial charge in [0.2, 0.25) is 0 Å². The Labute approximate surface area is 136 Å². The van der Waals surface area contributed by atoms with Crippen LogP contribution in [-0.4, -0.2) is 37.0 Å². The maximum absolute atomic E-state index is 4.57. The summed E-state index contributed by atoms with van der Waals surface area (Å²) in [4.78, 5) is 6.99. The van der Waals surface area contributed by atoms with Gasteiger partial charge in [0.05, 0.1) is 6.54 Å². The Morgan fingerprint density at radius 1 is 1.42 bits per heavy atom. The fourth-order valence-electron chi connectivity index (χ4n) is 2.90. The Morgan fingerprint density at radius 3 is 2.63 bits per heavy atom. The van der Waals surface area contributed by atoms with Crippen molar-refractivity contribution in [3.63, 3.8) is 0 Å². The summed E-state index contributed by atoms with van der Waals surface area (Å²) in [6.45, 7) is 14.4. The highest BCUT2D eigenvalue weighted by atomic mass is 127. The van der Waals surface area contributed by atoms with E-state index in [1.165, 1.54) is 19.3 Å². The zero-order valence-corrected chi connectivity index (χ0v) is 15.0. The molecule has 0 aromatic heterocycles. The smallest absolute Gasteiger partial charge is 0.194 e. The maximum Gasteiger partial charge on any atom is 0.194 e. The van der Waals surface area contributed by atoms with Gasteiger partial charge in [0.15, 0.2) is 5.96 Å². The molecule has 112 valence electrons. The molecule has 1 rings (SSSR count). The van der Waals surface area contributed by atoms with Gasteiger partial charge in [-0.25, -0.2) is 4.99 Å². The Bertz CT molecular complexity index is 275. The van der Waals surface area contributed by atoms with E-state index in [2.05, 4.69) is 42.6 Å². The molecule has 0 aromatic rings. The molecule has 1 N–H and O–H groups in total. The molecule has 0 spiro atoms. The topological polar surface area (TPSA) is 27.6 Å². The lowest BCUT2D eigenvalue weighted by Gasteiger charge is -2.24. The van der Waals surface area contributed by atoms with Crippen molar-refractivity contribution >= 4 is 29.9 Å². The molecular formula is C15H30IN3. The van der Waals surface area contributed by atoms with Crippen LogP contribution in [0.3, 0.4) is 0 Å². The molecule has 0 bridgehead atoms. The SMILES string of the molecule is C=CCN=C(NCC)N1CCC(C(CC)CC)C1.I. The minimum absolute atomic E-state index is 0. The molecule has 19 heavy (non-hydrogen) atoms. The van der Waals surface area contributed by atoms with E-state index in [1.54, 1.807) is 0 Å². The van der Waals surface area contributed by atoms with Crippen LogP contribution in [0, 0.1) is 11.8 Å². The molecule has 0 radical (unpaired) electrons.